The van der Waals surface area contributed by atoms with Crippen LogP contribution in [0.5, 0.6) is 5.75 Å². The number of ketones is 1. The molecule has 0 saturated carbocycles. The number of carbonyl (C=O) groups excluding carboxylic acids is 2. The first-order chi connectivity index (χ1) is 10.4. The maximum Gasteiger partial charge on any atom is 0.342 e. The fraction of sp³-hybridized carbons (Fsp3) is 0.176. The molecular weight excluding hydrogens is 395 g/mol. The van der Waals surface area contributed by atoms with Gasteiger partial charge in [0.2, 0.25) is 0 Å². The van der Waals surface area contributed by atoms with Gasteiger partial charge in [0, 0.05) is 9.13 Å². The molecule has 0 fully saturated rings. The molecule has 0 aliphatic carbocycles. The van der Waals surface area contributed by atoms with Crippen molar-refractivity contribution in [3.8, 4) is 5.75 Å². The maximum atomic E-state index is 12.1. The lowest BCUT2D eigenvalue weighted by Crippen LogP contribution is -2.14. The molecule has 0 aliphatic heterocycles. The van der Waals surface area contributed by atoms with Gasteiger partial charge in [-0.15, -0.1) is 0 Å². The number of hydrogen-bond donors (Lipinski definition) is 1. The number of hydrogen-bond acceptors (Lipinski definition) is 4. The molecule has 0 radical (unpaired) electrons. The van der Waals surface area contributed by atoms with Crippen LogP contribution < -0.4 is 0 Å². The Morgan fingerprint density at radius 1 is 1.09 bits per heavy atom. The summed E-state index contributed by atoms with van der Waals surface area (Å²) in [5, 5.41) is 9.67. The van der Waals surface area contributed by atoms with E-state index in [2.05, 4.69) is 0 Å². The third kappa shape index (κ3) is 3.85. The van der Waals surface area contributed by atoms with E-state index in [0.717, 1.165) is 14.7 Å². The van der Waals surface area contributed by atoms with Gasteiger partial charge >= 0.3 is 5.97 Å². The monoisotopic (exact) mass is 410 g/mol. The van der Waals surface area contributed by atoms with Crippen LogP contribution in [0.1, 0.15) is 31.8 Å². The Kier molecular flexibility index (Phi) is 5.18. The maximum absolute atomic E-state index is 12.1. The smallest absolute Gasteiger partial charge is 0.342 e. The van der Waals surface area contributed by atoms with Crippen molar-refractivity contribution < 1.29 is 19.4 Å². The molecule has 1 N–H and O–H groups in total. The van der Waals surface area contributed by atoms with E-state index < -0.39 is 5.97 Å². The van der Waals surface area contributed by atoms with E-state index in [4.69, 9.17) is 4.74 Å². The van der Waals surface area contributed by atoms with Gasteiger partial charge in [0.15, 0.2) is 12.4 Å². The Labute approximate surface area is 142 Å². The number of phenolic OH excluding ortho intramolecular Hbond substituents is 1. The van der Waals surface area contributed by atoms with E-state index in [9.17, 15) is 14.7 Å². The highest BCUT2D eigenvalue weighted by Crippen LogP contribution is 2.20. The Morgan fingerprint density at radius 2 is 1.82 bits per heavy atom. The summed E-state index contributed by atoms with van der Waals surface area (Å²) in [5.74, 6) is -1.15. The van der Waals surface area contributed by atoms with Crippen molar-refractivity contribution in [3.63, 3.8) is 0 Å². The number of benzene rings is 2. The number of aromatic hydroxyl groups is 1. The number of aryl methyl sites for hydroxylation is 2. The van der Waals surface area contributed by atoms with Gasteiger partial charge in [0.05, 0.1) is 0 Å². The zero-order valence-corrected chi connectivity index (χ0v) is 14.4. The van der Waals surface area contributed by atoms with E-state index in [1.54, 1.807) is 18.2 Å². The van der Waals surface area contributed by atoms with Crippen LogP contribution in [0.15, 0.2) is 36.4 Å². The van der Waals surface area contributed by atoms with E-state index in [-0.39, 0.29) is 23.7 Å². The third-order valence-corrected chi connectivity index (χ3v) is 4.01. The number of Topliss-reactive ketones (excluding diaryl/α,β-unsaturated/α-hetero) is 1. The Morgan fingerprint density at radius 3 is 2.50 bits per heavy atom. The molecule has 0 saturated heterocycles. The fourth-order valence-corrected chi connectivity index (χ4v) is 2.37. The van der Waals surface area contributed by atoms with Crippen LogP contribution in [0.2, 0.25) is 0 Å². The van der Waals surface area contributed by atoms with Gasteiger partial charge in [-0.25, -0.2) is 4.79 Å². The van der Waals surface area contributed by atoms with Crippen molar-refractivity contribution in [1.29, 1.82) is 0 Å². The zero-order chi connectivity index (χ0) is 16.3. The molecule has 0 heterocycles. The molecule has 0 bridgehead atoms. The molecule has 0 spiro atoms. The highest BCUT2D eigenvalue weighted by Gasteiger charge is 2.16. The minimum Gasteiger partial charge on any atom is -0.507 e. The van der Waals surface area contributed by atoms with Crippen LogP contribution >= 0.6 is 22.6 Å². The third-order valence-electron chi connectivity index (χ3n) is 3.34. The second kappa shape index (κ2) is 6.91. The van der Waals surface area contributed by atoms with Gasteiger partial charge in [-0.05, 0) is 71.8 Å². The number of halogens is 1. The van der Waals surface area contributed by atoms with Crippen molar-refractivity contribution in [2.24, 2.45) is 0 Å². The second-order valence-electron chi connectivity index (χ2n) is 4.96. The molecule has 2 aromatic carbocycles. The molecular formula is C17H15IO4. The molecule has 2 aromatic rings. The summed E-state index contributed by atoms with van der Waals surface area (Å²) < 4.78 is 5.79. The molecule has 4 nitrogen and oxygen atoms in total. The standard InChI is InChI=1S/C17H15IO4/c1-10-3-4-12(7-11(10)2)16(20)9-22-17(21)14-8-13(18)5-6-15(14)19/h3-8,19H,9H2,1-2H3. The van der Waals surface area contributed by atoms with Gasteiger partial charge in [0.25, 0.3) is 0 Å². The molecule has 0 atom stereocenters. The average molecular weight is 410 g/mol. The van der Waals surface area contributed by atoms with E-state index in [1.165, 1.54) is 12.1 Å². The summed E-state index contributed by atoms with van der Waals surface area (Å²) in [5.41, 5.74) is 2.66. The zero-order valence-electron chi connectivity index (χ0n) is 12.2. The van der Waals surface area contributed by atoms with Crippen LogP contribution in [0.4, 0.5) is 0 Å². The minimum atomic E-state index is -0.715. The highest BCUT2D eigenvalue weighted by atomic mass is 127. The van der Waals surface area contributed by atoms with Gasteiger partial charge in [-0.2, -0.15) is 0 Å². The van der Waals surface area contributed by atoms with Gasteiger partial charge in [0.1, 0.15) is 11.3 Å². The van der Waals surface area contributed by atoms with Crippen molar-refractivity contribution in [1.82, 2.24) is 0 Å². The lowest BCUT2D eigenvalue weighted by molar-refractivity contribution is 0.0471. The fourth-order valence-electron chi connectivity index (χ4n) is 1.88. The van der Waals surface area contributed by atoms with E-state index in [0.29, 0.717) is 5.56 Å². The first-order valence-electron chi connectivity index (χ1n) is 6.64. The Balaban J connectivity index is 2.05. The molecule has 22 heavy (non-hydrogen) atoms. The highest BCUT2D eigenvalue weighted by molar-refractivity contribution is 14.1. The summed E-state index contributed by atoms with van der Waals surface area (Å²) in [6, 6.07) is 9.95. The van der Waals surface area contributed by atoms with Crippen LogP contribution in [-0.2, 0) is 4.74 Å². The van der Waals surface area contributed by atoms with Crippen LogP contribution in [0.3, 0.4) is 0 Å². The van der Waals surface area contributed by atoms with Crippen molar-refractivity contribution in [3.05, 3.63) is 62.2 Å². The number of phenols is 1. The van der Waals surface area contributed by atoms with Crippen molar-refractivity contribution >= 4 is 34.3 Å². The normalized spacial score (nSPS) is 10.3. The number of carbonyl (C=O) groups is 2. The average Bonchev–Trinajstić information content (AvgIpc) is 2.49. The van der Waals surface area contributed by atoms with E-state index in [1.807, 2.05) is 42.5 Å². The van der Waals surface area contributed by atoms with Crippen LogP contribution in [-0.4, -0.2) is 23.5 Å². The number of rotatable bonds is 4. The van der Waals surface area contributed by atoms with Crippen molar-refractivity contribution in [2.45, 2.75) is 13.8 Å². The molecule has 0 amide bonds. The quantitative estimate of drug-likeness (QED) is 0.475. The summed E-state index contributed by atoms with van der Waals surface area (Å²) in [6.45, 7) is 3.53. The largest absolute Gasteiger partial charge is 0.507 e. The first-order valence-corrected chi connectivity index (χ1v) is 7.72. The van der Waals surface area contributed by atoms with Crippen molar-refractivity contribution in [2.75, 3.05) is 6.61 Å². The van der Waals surface area contributed by atoms with E-state index >= 15 is 0 Å². The molecule has 0 unspecified atom stereocenters. The Bertz CT molecular complexity index is 737. The first kappa shape index (κ1) is 16.5. The summed E-state index contributed by atoms with van der Waals surface area (Å²) in [6.07, 6.45) is 0. The second-order valence-corrected chi connectivity index (χ2v) is 6.21. The molecule has 5 heteroatoms. The topological polar surface area (TPSA) is 63.6 Å². The van der Waals surface area contributed by atoms with Crippen LogP contribution in [0.25, 0.3) is 0 Å². The summed E-state index contributed by atoms with van der Waals surface area (Å²) >= 11 is 2.03. The lowest BCUT2D eigenvalue weighted by Gasteiger charge is -2.07. The van der Waals surface area contributed by atoms with Gasteiger partial charge < -0.3 is 9.84 Å². The predicted octanol–water partition coefficient (Wildman–Crippen LogP) is 3.65. The lowest BCUT2D eigenvalue weighted by atomic mass is 10.0. The molecule has 2 rings (SSSR count). The minimum absolute atomic E-state index is 0.0554. The Hall–Kier alpha value is -1.89. The number of ether oxygens (including phenoxy) is 1. The number of esters is 1. The van der Waals surface area contributed by atoms with Gasteiger partial charge in [-0.1, -0.05) is 12.1 Å². The molecule has 114 valence electrons. The molecule has 0 aliphatic rings. The summed E-state index contributed by atoms with van der Waals surface area (Å²) in [7, 11) is 0. The predicted molar refractivity (Wildman–Crippen MR) is 91.4 cm³/mol. The molecule has 0 aromatic heterocycles. The summed E-state index contributed by atoms with van der Waals surface area (Å²) in [4.78, 5) is 24.0. The SMILES string of the molecule is Cc1ccc(C(=O)COC(=O)c2cc(I)ccc2O)cc1C. The van der Waals surface area contributed by atoms with Gasteiger partial charge in [-0.3, -0.25) is 4.79 Å². The van der Waals surface area contributed by atoms with Crippen LogP contribution in [0, 0.1) is 17.4 Å².